The van der Waals surface area contributed by atoms with Gasteiger partial charge < -0.3 is 10.5 Å². The monoisotopic (exact) mass is 248 g/mol. The average molecular weight is 248 g/mol. The highest BCUT2D eigenvalue weighted by Crippen LogP contribution is 2.10. The van der Waals surface area contributed by atoms with Crippen molar-refractivity contribution >= 4 is 11.5 Å². The Bertz CT molecular complexity index is 401. The van der Waals surface area contributed by atoms with Crippen LogP contribution in [0.25, 0.3) is 0 Å². The number of morpholine rings is 1. The van der Waals surface area contributed by atoms with Gasteiger partial charge in [0.05, 0.1) is 13.2 Å². The number of anilines is 1. The van der Waals surface area contributed by atoms with E-state index in [9.17, 15) is 4.79 Å². The molecule has 1 heterocycles. The Morgan fingerprint density at radius 1 is 1.33 bits per heavy atom. The first-order chi connectivity index (χ1) is 8.75. The lowest BCUT2D eigenvalue weighted by molar-refractivity contribution is 0.0371. The molecule has 4 heteroatoms. The first kappa shape index (κ1) is 13.1. The molecule has 1 aliphatic rings. The van der Waals surface area contributed by atoms with Crippen LogP contribution < -0.4 is 5.73 Å². The topological polar surface area (TPSA) is 55.6 Å². The van der Waals surface area contributed by atoms with Gasteiger partial charge in [0.15, 0.2) is 5.78 Å². The van der Waals surface area contributed by atoms with Gasteiger partial charge in [-0.3, -0.25) is 9.69 Å². The van der Waals surface area contributed by atoms with Gasteiger partial charge in [-0.05, 0) is 25.1 Å². The summed E-state index contributed by atoms with van der Waals surface area (Å²) in [5, 5.41) is 0. The molecular weight excluding hydrogens is 228 g/mol. The third kappa shape index (κ3) is 3.82. The summed E-state index contributed by atoms with van der Waals surface area (Å²) in [4.78, 5) is 14.3. The van der Waals surface area contributed by atoms with Crippen LogP contribution in [-0.4, -0.2) is 43.5 Å². The Morgan fingerprint density at radius 3 is 2.83 bits per heavy atom. The zero-order valence-corrected chi connectivity index (χ0v) is 10.6. The highest BCUT2D eigenvalue weighted by atomic mass is 16.5. The van der Waals surface area contributed by atoms with Crippen LogP contribution in [0.15, 0.2) is 24.3 Å². The van der Waals surface area contributed by atoms with Crippen LogP contribution in [-0.2, 0) is 4.74 Å². The maximum atomic E-state index is 11.9. The van der Waals surface area contributed by atoms with E-state index in [1.165, 1.54) is 0 Å². The molecule has 0 saturated carbocycles. The van der Waals surface area contributed by atoms with Gasteiger partial charge in [-0.15, -0.1) is 0 Å². The molecule has 0 spiro atoms. The van der Waals surface area contributed by atoms with E-state index in [1.54, 1.807) is 12.1 Å². The van der Waals surface area contributed by atoms with Crippen molar-refractivity contribution in [2.45, 2.75) is 12.8 Å². The van der Waals surface area contributed by atoms with E-state index in [0.29, 0.717) is 12.1 Å². The number of nitrogens with zero attached hydrogens (tertiary/aromatic N) is 1. The Hall–Kier alpha value is -1.39. The maximum absolute atomic E-state index is 11.9. The highest BCUT2D eigenvalue weighted by Gasteiger charge is 2.11. The Morgan fingerprint density at radius 2 is 2.11 bits per heavy atom. The molecule has 1 fully saturated rings. The van der Waals surface area contributed by atoms with Crippen LogP contribution in [0.2, 0.25) is 0 Å². The highest BCUT2D eigenvalue weighted by molar-refractivity contribution is 5.96. The van der Waals surface area contributed by atoms with Crippen LogP contribution in [0.3, 0.4) is 0 Å². The lowest BCUT2D eigenvalue weighted by Gasteiger charge is -2.26. The molecule has 0 unspecified atom stereocenters. The molecule has 1 saturated heterocycles. The standard InChI is InChI=1S/C14H20N2O2/c15-13-4-1-3-12(11-13)14(17)5-2-6-16-7-9-18-10-8-16/h1,3-4,11H,2,5-10,15H2. The second-order valence-corrected chi connectivity index (χ2v) is 4.61. The lowest BCUT2D eigenvalue weighted by Crippen LogP contribution is -2.36. The summed E-state index contributed by atoms with van der Waals surface area (Å²) in [6.07, 6.45) is 1.48. The molecule has 0 aromatic heterocycles. The first-order valence-corrected chi connectivity index (χ1v) is 6.44. The van der Waals surface area contributed by atoms with E-state index in [-0.39, 0.29) is 5.78 Å². The number of carbonyl (C=O) groups excluding carboxylic acids is 1. The number of nitrogens with two attached hydrogens (primary N) is 1. The minimum absolute atomic E-state index is 0.176. The molecule has 1 aliphatic heterocycles. The van der Waals surface area contributed by atoms with Crippen LogP contribution >= 0.6 is 0 Å². The molecule has 0 atom stereocenters. The van der Waals surface area contributed by atoms with Gasteiger partial charge in [0, 0.05) is 30.8 Å². The van der Waals surface area contributed by atoms with Gasteiger partial charge >= 0.3 is 0 Å². The molecular formula is C14H20N2O2. The summed E-state index contributed by atoms with van der Waals surface area (Å²) < 4.78 is 5.29. The van der Waals surface area contributed by atoms with Gasteiger partial charge in [-0.25, -0.2) is 0 Å². The van der Waals surface area contributed by atoms with E-state index < -0.39 is 0 Å². The number of ketones is 1. The lowest BCUT2D eigenvalue weighted by atomic mass is 10.1. The minimum atomic E-state index is 0.176. The van der Waals surface area contributed by atoms with Crippen molar-refractivity contribution in [1.29, 1.82) is 0 Å². The number of nitrogen functional groups attached to an aromatic ring is 1. The molecule has 98 valence electrons. The van der Waals surface area contributed by atoms with E-state index in [1.807, 2.05) is 12.1 Å². The van der Waals surface area contributed by atoms with Crippen molar-refractivity contribution < 1.29 is 9.53 Å². The summed E-state index contributed by atoms with van der Waals surface area (Å²) >= 11 is 0. The van der Waals surface area contributed by atoms with Gasteiger partial charge in [0.25, 0.3) is 0 Å². The summed E-state index contributed by atoms with van der Waals surface area (Å²) in [5.74, 6) is 0.176. The van der Waals surface area contributed by atoms with Crippen molar-refractivity contribution in [2.24, 2.45) is 0 Å². The number of hydrogen-bond donors (Lipinski definition) is 1. The molecule has 0 radical (unpaired) electrons. The van der Waals surface area contributed by atoms with E-state index >= 15 is 0 Å². The predicted octanol–water partition coefficient (Wildman–Crippen LogP) is 1.56. The van der Waals surface area contributed by atoms with Crippen molar-refractivity contribution in [2.75, 3.05) is 38.6 Å². The molecule has 4 nitrogen and oxygen atoms in total. The largest absolute Gasteiger partial charge is 0.399 e. The van der Waals surface area contributed by atoms with Crippen molar-refractivity contribution in [3.8, 4) is 0 Å². The summed E-state index contributed by atoms with van der Waals surface area (Å²) in [6.45, 7) is 4.54. The van der Waals surface area contributed by atoms with E-state index in [0.717, 1.165) is 44.8 Å². The van der Waals surface area contributed by atoms with Crippen molar-refractivity contribution in [1.82, 2.24) is 4.90 Å². The van der Waals surface area contributed by atoms with Crippen LogP contribution in [0.5, 0.6) is 0 Å². The van der Waals surface area contributed by atoms with Gasteiger partial charge in [-0.2, -0.15) is 0 Å². The number of ether oxygens (including phenoxy) is 1. The molecule has 1 aromatic rings. The fourth-order valence-electron chi connectivity index (χ4n) is 2.14. The van der Waals surface area contributed by atoms with Gasteiger partial charge in [0.1, 0.15) is 0 Å². The van der Waals surface area contributed by atoms with Crippen LogP contribution in [0.4, 0.5) is 5.69 Å². The molecule has 2 N–H and O–H groups in total. The third-order valence-corrected chi connectivity index (χ3v) is 3.19. The van der Waals surface area contributed by atoms with Crippen LogP contribution in [0.1, 0.15) is 23.2 Å². The number of carbonyl (C=O) groups is 1. The number of benzene rings is 1. The molecule has 0 bridgehead atoms. The van der Waals surface area contributed by atoms with E-state index in [2.05, 4.69) is 4.90 Å². The summed E-state index contributed by atoms with van der Waals surface area (Å²) in [5.41, 5.74) is 7.03. The fraction of sp³-hybridized carbons (Fsp3) is 0.500. The molecule has 2 rings (SSSR count). The van der Waals surface area contributed by atoms with E-state index in [4.69, 9.17) is 10.5 Å². The second kappa shape index (κ2) is 6.52. The average Bonchev–Trinajstić information content (AvgIpc) is 2.40. The smallest absolute Gasteiger partial charge is 0.162 e. The number of hydrogen-bond acceptors (Lipinski definition) is 4. The predicted molar refractivity (Wildman–Crippen MR) is 71.7 cm³/mol. The van der Waals surface area contributed by atoms with Gasteiger partial charge in [0.2, 0.25) is 0 Å². The fourth-order valence-corrected chi connectivity index (χ4v) is 2.14. The summed E-state index contributed by atoms with van der Waals surface area (Å²) in [6, 6.07) is 7.19. The Labute approximate surface area is 108 Å². The Balaban J connectivity index is 1.74. The quantitative estimate of drug-likeness (QED) is 0.634. The molecule has 0 amide bonds. The number of rotatable bonds is 5. The third-order valence-electron chi connectivity index (χ3n) is 3.19. The molecule has 0 aliphatic carbocycles. The SMILES string of the molecule is Nc1cccc(C(=O)CCCN2CCOCC2)c1. The number of Topliss-reactive ketones (excluding diaryl/α,β-unsaturated/α-hetero) is 1. The van der Waals surface area contributed by atoms with Crippen LogP contribution in [0, 0.1) is 0 Å². The normalized spacial score (nSPS) is 16.7. The van der Waals surface area contributed by atoms with Crippen molar-refractivity contribution in [3.63, 3.8) is 0 Å². The summed E-state index contributed by atoms with van der Waals surface area (Å²) in [7, 11) is 0. The first-order valence-electron chi connectivity index (χ1n) is 6.44. The zero-order chi connectivity index (χ0) is 12.8. The zero-order valence-electron chi connectivity index (χ0n) is 10.6. The molecule has 18 heavy (non-hydrogen) atoms. The molecule has 1 aromatic carbocycles. The van der Waals surface area contributed by atoms with Gasteiger partial charge in [-0.1, -0.05) is 12.1 Å². The second-order valence-electron chi connectivity index (χ2n) is 4.61. The maximum Gasteiger partial charge on any atom is 0.162 e. The van der Waals surface area contributed by atoms with Crippen molar-refractivity contribution in [3.05, 3.63) is 29.8 Å². The minimum Gasteiger partial charge on any atom is -0.399 e. The Kier molecular flexibility index (Phi) is 4.73.